The second-order valence-corrected chi connectivity index (χ2v) is 4.95. The van der Waals surface area contributed by atoms with E-state index in [2.05, 4.69) is 9.97 Å². The first-order valence-corrected chi connectivity index (χ1v) is 6.27. The van der Waals surface area contributed by atoms with Crippen molar-refractivity contribution in [2.24, 2.45) is 0 Å². The zero-order valence-corrected chi connectivity index (χ0v) is 11.9. The van der Waals surface area contributed by atoms with Crippen LogP contribution in [0, 0.1) is 3.57 Å². The summed E-state index contributed by atoms with van der Waals surface area (Å²) in [5, 5.41) is 0.867. The lowest BCUT2D eigenvalue weighted by Crippen LogP contribution is -2.11. The fourth-order valence-corrected chi connectivity index (χ4v) is 1.95. The standard InChI is InChI=1S/C10H5Cl2IN2O2/c11-5-1-2-7(6(12)3-5)17-10-8(13)9(16)14-4-15-10/h1-4H,(H,14,15,16). The van der Waals surface area contributed by atoms with Gasteiger partial charge in [0.1, 0.15) is 9.32 Å². The molecule has 2 rings (SSSR count). The van der Waals surface area contributed by atoms with E-state index >= 15 is 0 Å². The van der Waals surface area contributed by atoms with Crippen molar-refractivity contribution in [3.8, 4) is 11.6 Å². The largest absolute Gasteiger partial charge is 0.436 e. The van der Waals surface area contributed by atoms with Crippen LogP contribution in [0.3, 0.4) is 0 Å². The van der Waals surface area contributed by atoms with Crippen molar-refractivity contribution in [2.75, 3.05) is 0 Å². The molecule has 17 heavy (non-hydrogen) atoms. The van der Waals surface area contributed by atoms with Gasteiger partial charge < -0.3 is 9.72 Å². The number of hydrogen-bond acceptors (Lipinski definition) is 3. The highest BCUT2D eigenvalue weighted by Crippen LogP contribution is 2.31. The van der Waals surface area contributed by atoms with Crippen LogP contribution in [0.15, 0.2) is 29.3 Å². The Morgan fingerprint density at radius 3 is 2.82 bits per heavy atom. The molecule has 0 radical (unpaired) electrons. The van der Waals surface area contributed by atoms with Crippen LogP contribution in [-0.2, 0) is 0 Å². The molecular formula is C10H5Cl2IN2O2. The van der Waals surface area contributed by atoms with E-state index in [9.17, 15) is 4.79 Å². The van der Waals surface area contributed by atoms with E-state index in [0.717, 1.165) is 0 Å². The molecule has 0 spiro atoms. The first kappa shape index (κ1) is 12.7. The highest BCUT2D eigenvalue weighted by atomic mass is 127. The van der Waals surface area contributed by atoms with E-state index in [1.54, 1.807) is 18.2 Å². The first-order chi connectivity index (χ1) is 8.08. The van der Waals surface area contributed by atoms with Gasteiger partial charge in [0.15, 0.2) is 0 Å². The highest BCUT2D eigenvalue weighted by Gasteiger charge is 2.10. The minimum atomic E-state index is -0.263. The third-order valence-corrected chi connectivity index (χ3v) is 3.35. The molecule has 2 aromatic rings. The molecule has 0 saturated carbocycles. The lowest BCUT2D eigenvalue weighted by Gasteiger charge is -2.07. The maximum absolute atomic E-state index is 11.3. The third-order valence-electron chi connectivity index (χ3n) is 1.87. The molecule has 0 atom stereocenters. The number of H-pyrrole nitrogens is 1. The van der Waals surface area contributed by atoms with Gasteiger partial charge in [0.05, 0.1) is 11.3 Å². The predicted octanol–water partition coefficient (Wildman–Crippen LogP) is 3.47. The number of halogens is 3. The van der Waals surface area contributed by atoms with Gasteiger partial charge in [-0.3, -0.25) is 4.79 Å². The summed E-state index contributed by atoms with van der Waals surface area (Å²) < 4.78 is 5.80. The maximum atomic E-state index is 11.3. The Bertz CT molecular complexity index is 615. The van der Waals surface area contributed by atoms with Gasteiger partial charge in [-0.25, -0.2) is 4.98 Å². The molecule has 0 aliphatic rings. The lowest BCUT2D eigenvalue weighted by atomic mass is 10.3. The summed E-state index contributed by atoms with van der Waals surface area (Å²) in [7, 11) is 0. The van der Waals surface area contributed by atoms with E-state index < -0.39 is 0 Å². The van der Waals surface area contributed by atoms with Gasteiger partial charge in [-0.15, -0.1) is 0 Å². The normalized spacial score (nSPS) is 10.3. The zero-order chi connectivity index (χ0) is 12.4. The van der Waals surface area contributed by atoms with Crippen LogP contribution in [0.1, 0.15) is 0 Å². The van der Waals surface area contributed by atoms with E-state index in [-0.39, 0.29) is 11.4 Å². The summed E-state index contributed by atoms with van der Waals surface area (Å²) in [5.74, 6) is 0.602. The summed E-state index contributed by atoms with van der Waals surface area (Å²) in [4.78, 5) is 17.7. The number of nitrogens with one attached hydrogen (secondary N) is 1. The highest BCUT2D eigenvalue weighted by molar-refractivity contribution is 14.1. The summed E-state index contributed by atoms with van der Waals surface area (Å²) in [5.41, 5.74) is -0.263. The molecule has 7 heteroatoms. The fourth-order valence-electron chi connectivity index (χ4n) is 1.10. The third kappa shape index (κ3) is 2.91. The minimum absolute atomic E-state index is 0.207. The Hall–Kier alpha value is -0.790. The monoisotopic (exact) mass is 382 g/mol. The van der Waals surface area contributed by atoms with Crippen molar-refractivity contribution in [1.82, 2.24) is 9.97 Å². The zero-order valence-electron chi connectivity index (χ0n) is 8.21. The second kappa shape index (κ2) is 5.24. The number of aromatic amines is 1. The average Bonchev–Trinajstić information content (AvgIpc) is 2.28. The first-order valence-electron chi connectivity index (χ1n) is 4.44. The molecule has 0 aliphatic carbocycles. The van der Waals surface area contributed by atoms with E-state index in [4.69, 9.17) is 27.9 Å². The molecule has 0 unspecified atom stereocenters. The van der Waals surface area contributed by atoms with Crippen molar-refractivity contribution in [3.63, 3.8) is 0 Å². The van der Waals surface area contributed by atoms with Crippen LogP contribution < -0.4 is 10.3 Å². The van der Waals surface area contributed by atoms with Gasteiger partial charge in [-0.1, -0.05) is 23.2 Å². The molecule has 1 N–H and O–H groups in total. The predicted molar refractivity (Wildman–Crippen MR) is 74.1 cm³/mol. The fraction of sp³-hybridized carbons (Fsp3) is 0. The van der Waals surface area contributed by atoms with Crippen molar-refractivity contribution in [1.29, 1.82) is 0 Å². The summed E-state index contributed by atoms with van der Waals surface area (Å²) in [6.07, 6.45) is 1.27. The number of hydrogen-bond donors (Lipinski definition) is 1. The summed E-state index contributed by atoms with van der Waals surface area (Å²) in [6.45, 7) is 0. The van der Waals surface area contributed by atoms with E-state index in [0.29, 0.717) is 19.4 Å². The van der Waals surface area contributed by atoms with Crippen LogP contribution in [0.25, 0.3) is 0 Å². The quantitative estimate of drug-likeness (QED) is 0.809. The van der Waals surface area contributed by atoms with Gasteiger partial charge in [-0.2, -0.15) is 0 Å². The molecule has 1 aromatic carbocycles. The van der Waals surface area contributed by atoms with Crippen LogP contribution >= 0.6 is 45.8 Å². The molecule has 88 valence electrons. The second-order valence-electron chi connectivity index (χ2n) is 3.03. The summed E-state index contributed by atoms with van der Waals surface area (Å²) >= 11 is 13.6. The number of nitrogens with zero attached hydrogens (tertiary/aromatic N) is 1. The number of benzene rings is 1. The molecule has 1 aromatic heterocycles. The van der Waals surface area contributed by atoms with Gasteiger partial charge in [-0.05, 0) is 40.8 Å². The van der Waals surface area contributed by atoms with Gasteiger partial charge in [0, 0.05) is 5.02 Å². The average molecular weight is 383 g/mol. The van der Waals surface area contributed by atoms with Crippen molar-refractivity contribution >= 4 is 45.8 Å². The molecule has 1 heterocycles. The van der Waals surface area contributed by atoms with Crippen LogP contribution in [0.5, 0.6) is 11.6 Å². The smallest absolute Gasteiger partial charge is 0.268 e. The molecule has 0 aliphatic heterocycles. The number of aromatic nitrogens is 2. The SMILES string of the molecule is O=c1[nH]cnc(Oc2ccc(Cl)cc2Cl)c1I. The number of ether oxygens (including phenoxy) is 1. The molecule has 0 amide bonds. The molecule has 0 fully saturated rings. The van der Waals surface area contributed by atoms with E-state index in [1.807, 2.05) is 22.6 Å². The van der Waals surface area contributed by atoms with Crippen molar-refractivity contribution in [2.45, 2.75) is 0 Å². The molecular weight excluding hydrogens is 378 g/mol. The van der Waals surface area contributed by atoms with Crippen LogP contribution in [0.2, 0.25) is 10.0 Å². The van der Waals surface area contributed by atoms with Crippen LogP contribution in [-0.4, -0.2) is 9.97 Å². The van der Waals surface area contributed by atoms with E-state index in [1.165, 1.54) is 6.33 Å². The molecule has 4 nitrogen and oxygen atoms in total. The van der Waals surface area contributed by atoms with Gasteiger partial charge >= 0.3 is 0 Å². The minimum Gasteiger partial charge on any atom is -0.436 e. The van der Waals surface area contributed by atoms with Gasteiger partial charge in [0.2, 0.25) is 5.88 Å². The maximum Gasteiger partial charge on any atom is 0.268 e. The van der Waals surface area contributed by atoms with Crippen molar-refractivity contribution in [3.05, 3.63) is 48.5 Å². The lowest BCUT2D eigenvalue weighted by molar-refractivity contribution is 0.456. The molecule has 0 bridgehead atoms. The molecule has 0 saturated heterocycles. The van der Waals surface area contributed by atoms with Crippen LogP contribution in [0.4, 0.5) is 0 Å². The number of rotatable bonds is 2. The Balaban J connectivity index is 2.38. The van der Waals surface area contributed by atoms with Crippen molar-refractivity contribution < 1.29 is 4.74 Å². The summed E-state index contributed by atoms with van der Waals surface area (Å²) in [6, 6.07) is 4.81. The van der Waals surface area contributed by atoms with Gasteiger partial charge in [0.25, 0.3) is 5.56 Å². The topological polar surface area (TPSA) is 55.0 Å². The Morgan fingerprint density at radius 1 is 1.35 bits per heavy atom. The Morgan fingerprint density at radius 2 is 2.12 bits per heavy atom. The Labute approximate surface area is 120 Å². The Kier molecular flexibility index (Phi) is 3.90.